The standard InChI is InChI=1S/C12H16O2/c1-7-5-12(10(4)14)8(2)6-11(7)9(3)13/h5-6H2,1-4H3. The highest BCUT2D eigenvalue weighted by Gasteiger charge is 2.20. The van der Waals surface area contributed by atoms with E-state index in [1.165, 1.54) is 0 Å². The lowest BCUT2D eigenvalue weighted by molar-refractivity contribution is -0.115. The van der Waals surface area contributed by atoms with E-state index in [1.54, 1.807) is 13.8 Å². The number of allylic oxidation sites excluding steroid dienone is 4. The number of hydrogen-bond donors (Lipinski definition) is 0. The molecule has 0 heterocycles. The molecule has 1 aliphatic rings. The topological polar surface area (TPSA) is 34.1 Å². The maximum Gasteiger partial charge on any atom is 0.156 e. The Morgan fingerprint density at radius 3 is 1.36 bits per heavy atom. The maximum absolute atomic E-state index is 11.3. The van der Waals surface area contributed by atoms with Gasteiger partial charge in [0.15, 0.2) is 11.6 Å². The maximum atomic E-state index is 11.3. The summed E-state index contributed by atoms with van der Waals surface area (Å²) in [4.78, 5) is 22.5. The molecule has 2 nitrogen and oxygen atoms in total. The Bertz CT molecular complexity index is 321. The molecule has 0 N–H and O–H groups in total. The molecule has 0 atom stereocenters. The predicted molar refractivity (Wildman–Crippen MR) is 56.0 cm³/mol. The summed E-state index contributed by atoms with van der Waals surface area (Å²) in [7, 11) is 0. The molecule has 0 spiro atoms. The molecular weight excluding hydrogens is 176 g/mol. The zero-order chi connectivity index (χ0) is 10.9. The van der Waals surface area contributed by atoms with Gasteiger partial charge in [0.05, 0.1) is 0 Å². The molecule has 0 saturated heterocycles. The Morgan fingerprint density at radius 1 is 0.857 bits per heavy atom. The largest absolute Gasteiger partial charge is 0.295 e. The van der Waals surface area contributed by atoms with Gasteiger partial charge in [-0.3, -0.25) is 9.59 Å². The summed E-state index contributed by atoms with van der Waals surface area (Å²) >= 11 is 0. The van der Waals surface area contributed by atoms with Gasteiger partial charge in [-0.1, -0.05) is 11.1 Å². The second-order valence-corrected chi connectivity index (χ2v) is 3.98. The first kappa shape index (κ1) is 10.9. The molecule has 0 saturated carbocycles. The summed E-state index contributed by atoms with van der Waals surface area (Å²) in [5.74, 6) is 0.258. The molecule has 2 heteroatoms. The summed E-state index contributed by atoms with van der Waals surface area (Å²) < 4.78 is 0. The van der Waals surface area contributed by atoms with E-state index in [-0.39, 0.29) is 11.6 Å². The SMILES string of the molecule is CC(=O)C1=C(C)CC(C(C)=O)=C(C)C1. The third kappa shape index (κ3) is 2.00. The quantitative estimate of drug-likeness (QED) is 0.674. The molecule has 0 amide bonds. The lowest BCUT2D eigenvalue weighted by Gasteiger charge is -2.19. The van der Waals surface area contributed by atoms with Crippen LogP contribution in [0.25, 0.3) is 0 Å². The second kappa shape index (κ2) is 3.91. The Labute approximate surface area is 84.7 Å². The highest BCUT2D eigenvalue weighted by Crippen LogP contribution is 2.30. The summed E-state index contributed by atoms with van der Waals surface area (Å²) in [5, 5.41) is 0. The molecule has 0 aromatic heterocycles. The third-order valence-electron chi connectivity index (χ3n) is 2.76. The zero-order valence-electron chi connectivity index (χ0n) is 9.23. The van der Waals surface area contributed by atoms with E-state index < -0.39 is 0 Å². The van der Waals surface area contributed by atoms with Crippen molar-refractivity contribution in [1.29, 1.82) is 0 Å². The normalized spacial score (nSPS) is 17.4. The third-order valence-corrected chi connectivity index (χ3v) is 2.76. The van der Waals surface area contributed by atoms with Crippen LogP contribution in [0, 0.1) is 0 Å². The first-order valence-corrected chi connectivity index (χ1v) is 4.82. The minimum atomic E-state index is 0.129. The number of Topliss-reactive ketones (excluding diaryl/α,β-unsaturated/α-hetero) is 2. The van der Waals surface area contributed by atoms with E-state index >= 15 is 0 Å². The van der Waals surface area contributed by atoms with E-state index in [9.17, 15) is 9.59 Å². The molecule has 76 valence electrons. The van der Waals surface area contributed by atoms with Gasteiger partial charge in [0.1, 0.15) is 0 Å². The number of carbonyl (C=O) groups is 2. The molecule has 0 radical (unpaired) electrons. The van der Waals surface area contributed by atoms with Crippen LogP contribution in [-0.2, 0) is 9.59 Å². The molecule has 0 fully saturated rings. The van der Waals surface area contributed by atoms with Crippen LogP contribution in [0.3, 0.4) is 0 Å². The molecular formula is C12H16O2. The molecule has 1 rings (SSSR count). The Hall–Kier alpha value is -1.18. The summed E-state index contributed by atoms with van der Waals surface area (Å²) in [6, 6.07) is 0. The van der Waals surface area contributed by atoms with Gasteiger partial charge >= 0.3 is 0 Å². The lowest BCUT2D eigenvalue weighted by atomic mass is 9.84. The molecule has 0 unspecified atom stereocenters. The molecule has 0 bridgehead atoms. The van der Waals surface area contributed by atoms with E-state index in [1.807, 2.05) is 13.8 Å². The monoisotopic (exact) mass is 192 g/mol. The number of hydrogen-bond acceptors (Lipinski definition) is 2. The van der Waals surface area contributed by atoms with Crippen LogP contribution in [0.1, 0.15) is 40.5 Å². The van der Waals surface area contributed by atoms with Gasteiger partial charge in [-0.2, -0.15) is 0 Å². The zero-order valence-corrected chi connectivity index (χ0v) is 9.23. The number of ketones is 2. The first-order chi connectivity index (χ1) is 6.43. The van der Waals surface area contributed by atoms with Crippen molar-refractivity contribution in [2.45, 2.75) is 40.5 Å². The van der Waals surface area contributed by atoms with Crippen LogP contribution in [0.15, 0.2) is 22.3 Å². The van der Waals surface area contributed by atoms with Gasteiger partial charge in [0.25, 0.3) is 0 Å². The van der Waals surface area contributed by atoms with Gasteiger partial charge < -0.3 is 0 Å². The molecule has 0 aliphatic heterocycles. The van der Waals surface area contributed by atoms with E-state index in [2.05, 4.69) is 0 Å². The number of carbonyl (C=O) groups excluding carboxylic acids is 2. The van der Waals surface area contributed by atoms with Crippen LogP contribution < -0.4 is 0 Å². The first-order valence-electron chi connectivity index (χ1n) is 4.82. The molecule has 0 aromatic carbocycles. The minimum Gasteiger partial charge on any atom is -0.295 e. The minimum absolute atomic E-state index is 0.129. The van der Waals surface area contributed by atoms with Gasteiger partial charge in [-0.25, -0.2) is 0 Å². The average molecular weight is 192 g/mol. The van der Waals surface area contributed by atoms with Gasteiger partial charge in [-0.15, -0.1) is 0 Å². The summed E-state index contributed by atoms with van der Waals surface area (Å²) in [6.07, 6.45) is 1.30. The highest BCUT2D eigenvalue weighted by molar-refractivity contribution is 5.99. The van der Waals surface area contributed by atoms with Crippen molar-refractivity contribution in [3.8, 4) is 0 Å². The van der Waals surface area contributed by atoms with Crippen LogP contribution >= 0.6 is 0 Å². The predicted octanol–water partition coefficient (Wildman–Crippen LogP) is 2.59. The fraction of sp³-hybridized carbons (Fsp3) is 0.500. The van der Waals surface area contributed by atoms with Crippen molar-refractivity contribution in [3.05, 3.63) is 22.3 Å². The van der Waals surface area contributed by atoms with Gasteiger partial charge in [0.2, 0.25) is 0 Å². The fourth-order valence-corrected chi connectivity index (χ4v) is 1.90. The van der Waals surface area contributed by atoms with Gasteiger partial charge in [0, 0.05) is 0 Å². The van der Waals surface area contributed by atoms with Crippen molar-refractivity contribution in [3.63, 3.8) is 0 Å². The molecule has 14 heavy (non-hydrogen) atoms. The lowest BCUT2D eigenvalue weighted by Crippen LogP contribution is -2.12. The summed E-state index contributed by atoms with van der Waals surface area (Å²) in [5.41, 5.74) is 3.86. The van der Waals surface area contributed by atoms with Gasteiger partial charge in [-0.05, 0) is 51.7 Å². The van der Waals surface area contributed by atoms with Crippen molar-refractivity contribution in [2.24, 2.45) is 0 Å². The Morgan fingerprint density at radius 2 is 1.14 bits per heavy atom. The van der Waals surface area contributed by atoms with E-state index in [0.717, 1.165) is 22.3 Å². The van der Waals surface area contributed by atoms with E-state index in [4.69, 9.17) is 0 Å². The highest BCUT2D eigenvalue weighted by atomic mass is 16.1. The average Bonchev–Trinajstić information content (AvgIpc) is 2.07. The van der Waals surface area contributed by atoms with Crippen molar-refractivity contribution >= 4 is 11.6 Å². The van der Waals surface area contributed by atoms with Crippen LogP contribution in [0.2, 0.25) is 0 Å². The molecule has 1 aliphatic carbocycles. The molecule has 0 aromatic rings. The number of rotatable bonds is 2. The Kier molecular flexibility index (Phi) is 3.04. The summed E-state index contributed by atoms with van der Waals surface area (Å²) in [6.45, 7) is 7.05. The van der Waals surface area contributed by atoms with Crippen LogP contribution in [0.4, 0.5) is 0 Å². The van der Waals surface area contributed by atoms with Crippen LogP contribution in [-0.4, -0.2) is 11.6 Å². The van der Waals surface area contributed by atoms with E-state index in [0.29, 0.717) is 12.8 Å². The second-order valence-electron chi connectivity index (χ2n) is 3.98. The van der Waals surface area contributed by atoms with Crippen LogP contribution in [0.5, 0.6) is 0 Å². The Balaban J connectivity index is 3.01. The van der Waals surface area contributed by atoms with Crippen molar-refractivity contribution < 1.29 is 9.59 Å². The smallest absolute Gasteiger partial charge is 0.156 e. The van der Waals surface area contributed by atoms with Crippen molar-refractivity contribution in [1.82, 2.24) is 0 Å². The van der Waals surface area contributed by atoms with Crippen molar-refractivity contribution in [2.75, 3.05) is 0 Å². The fourth-order valence-electron chi connectivity index (χ4n) is 1.90.